The second-order valence-corrected chi connectivity index (χ2v) is 9.23. The fourth-order valence-corrected chi connectivity index (χ4v) is 4.64. The van der Waals surface area contributed by atoms with Gasteiger partial charge in [0.2, 0.25) is 11.8 Å². The quantitative estimate of drug-likeness (QED) is 0.447. The van der Waals surface area contributed by atoms with Crippen molar-refractivity contribution in [3.63, 3.8) is 0 Å². The van der Waals surface area contributed by atoms with E-state index in [4.69, 9.17) is 46.4 Å². The average molecular weight is 508 g/mol. The van der Waals surface area contributed by atoms with Crippen molar-refractivity contribution in [1.82, 2.24) is 10.2 Å². The van der Waals surface area contributed by atoms with E-state index in [9.17, 15) is 9.59 Å². The Morgan fingerprint density at radius 3 is 2.10 bits per heavy atom. The second kappa shape index (κ2) is 12.1. The van der Waals surface area contributed by atoms with Crippen LogP contribution in [0.4, 0.5) is 0 Å². The van der Waals surface area contributed by atoms with Gasteiger partial charge < -0.3 is 10.2 Å². The number of carbonyl (C=O) groups is 2. The van der Waals surface area contributed by atoms with Crippen molar-refractivity contribution in [1.29, 1.82) is 0 Å². The van der Waals surface area contributed by atoms with Gasteiger partial charge in [-0.3, -0.25) is 9.59 Å². The lowest BCUT2D eigenvalue weighted by molar-refractivity contribution is -0.138. The van der Waals surface area contributed by atoms with Crippen molar-refractivity contribution < 1.29 is 9.59 Å². The third kappa shape index (κ3) is 7.24. The molecule has 9 heteroatoms. The van der Waals surface area contributed by atoms with Crippen LogP contribution in [0.15, 0.2) is 36.4 Å². The number of hydrogen-bond donors (Lipinski definition) is 1. The van der Waals surface area contributed by atoms with Crippen LogP contribution in [0.3, 0.4) is 0 Å². The van der Waals surface area contributed by atoms with Crippen molar-refractivity contribution in [2.45, 2.75) is 32.2 Å². The lowest BCUT2D eigenvalue weighted by Gasteiger charge is -2.29. The van der Waals surface area contributed by atoms with E-state index in [1.807, 2.05) is 13.0 Å². The standard InChI is InChI=1S/C21H22Cl4N2O2S/c1-3-26-21(29)13(2)27(10-14-4-6-16(22)8-18(14)24)20(28)12-30-11-15-5-7-17(23)9-19(15)25/h4-9,13H,3,10-12H2,1-2H3,(H,26,29)/t13-/m0/s1. The number of amides is 2. The second-order valence-electron chi connectivity index (χ2n) is 6.56. The molecule has 162 valence electrons. The Morgan fingerprint density at radius 1 is 1.00 bits per heavy atom. The van der Waals surface area contributed by atoms with Crippen LogP contribution in [0.25, 0.3) is 0 Å². The fraction of sp³-hybridized carbons (Fsp3) is 0.333. The molecule has 0 saturated carbocycles. The molecule has 0 heterocycles. The van der Waals surface area contributed by atoms with Gasteiger partial charge in [-0.25, -0.2) is 0 Å². The lowest BCUT2D eigenvalue weighted by Crippen LogP contribution is -2.48. The molecule has 0 aliphatic rings. The highest BCUT2D eigenvalue weighted by Gasteiger charge is 2.26. The van der Waals surface area contributed by atoms with Crippen LogP contribution < -0.4 is 5.32 Å². The number of nitrogens with zero attached hydrogens (tertiary/aromatic N) is 1. The molecule has 1 atom stereocenters. The SMILES string of the molecule is CCNC(=O)[C@H](C)N(Cc1ccc(Cl)cc1Cl)C(=O)CSCc1ccc(Cl)cc1Cl. The summed E-state index contributed by atoms with van der Waals surface area (Å²) in [6.07, 6.45) is 0. The smallest absolute Gasteiger partial charge is 0.242 e. The number of rotatable bonds is 9. The third-order valence-electron chi connectivity index (χ3n) is 4.37. The van der Waals surface area contributed by atoms with E-state index in [1.165, 1.54) is 16.7 Å². The summed E-state index contributed by atoms with van der Waals surface area (Å²) in [5.41, 5.74) is 1.61. The topological polar surface area (TPSA) is 49.4 Å². The fourth-order valence-electron chi connectivity index (χ4n) is 2.71. The Kier molecular flexibility index (Phi) is 10.1. The summed E-state index contributed by atoms with van der Waals surface area (Å²) in [5.74, 6) is 0.345. The van der Waals surface area contributed by atoms with E-state index in [1.54, 1.807) is 37.3 Å². The van der Waals surface area contributed by atoms with E-state index < -0.39 is 6.04 Å². The molecule has 0 fully saturated rings. The first-order chi connectivity index (χ1) is 14.2. The Hall–Kier alpha value is -1.11. The molecule has 0 unspecified atom stereocenters. The van der Waals surface area contributed by atoms with Crippen LogP contribution in [0.2, 0.25) is 20.1 Å². The van der Waals surface area contributed by atoms with Gasteiger partial charge in [0.05, 0.1) is 5.75 Å². The molecule has 2 amide bonds. The van der Waals surface area contributed by atoms with Crippen molar-refractivity contribution in [3.05, 3.63) is 67.6 Å². The van der Waals surface area contributed by atoms with Crippen LogP contribution in [0.5, 0.6) is 0 Å². The van der Waals surface area contributed by atoms with Crippen molar-refractivity contribution >= 4 is 70.0 Å². The minimum atomic E-state index is -0.649. The Labute approximate surface area is 201 Å². The summed E-state index contributed by atoms with van der Waals surface area (Å²) in [6.45, 7) is 4.22. The molecular formula is C21H22Cl4N2O2S. The normalized spacial score (nSPS) is 11.8. The van der Waals surface area contributed by atoms with Gasteiger partial charge in [-0.05, 0) is 49.2 Å². The number of hydrogen-bond acceptors (Lipinski definition) is 3. The molecule has 1 N–H and O–H groups in total. The molecule has 0 aromatic heterocycles. The molecular weight excluding hydrogens is 486 g/mol. The summed E-state index contributed by atoms with van der Waals surface area (Å²) < 4.78 is 0. The molecule has 2 aromatic rings. The zero-order valence-corrected chi connectivity index (χ0v) is 20.4. The molecule has 0 aliphatic heterocycles. The minimum absolute atomic E-state index is 0.171. The highest BCUT2D eigenvalue weighted by atomic mass is 35.5. The molecule has 2 aromatic carbocycles. The predicted octanol–water partition coefficient (Wildman–Crippen LogP) is 6.09. The average Bonchev–Trinajstić information content (AvgIpc) is 2.68. The molecule has 0 bridgehead atoms. The van der Waals surface area contributed by atoms with Crippen LogP contribution in [-0.2, 0) is 21.9 Å². The van der Waals surface area contributed by atoms with E-state index in [0.29, 0.717) is 32.4 Å². The Balaban J connectivity index is 2.11. The van der Waals surface area contributed by atoms with Gasteiger partial charge in [-0.1, -0.05) is 58.5 Å². The third-order valence-corrected chi connectivity index (χ3v) is 6.51. The van der Waals surface area contributed by atoms with Gasteiger partial charge in [0.15, 0.2) is 0 Å². The molecule has 0 saturated heterocycles. The van der Waals surface area contributed by atoms with Crippen molar-refractivity contribution in [2.24, 2.45) is 0 Å². The monoisotopic (exact) mass is 506 g/mol. The number of likely N-dealkylation sites (N-methyl/N-ethyl adjacent to an activating group) is 1. The zero-order valence-electron chi connectivity index (χ0n) is 16.6. The summed E-state index contributed by atoms with van der Waals surface area (Å²) >= 11 is 25.8. The van der Waals surface area contributed by atoms with Gasteiger partial charge in [0.25, 0.3) is 0 Å². The van der Waals surface area contributed by atoms with Gasteiger partial charge in [-0.2, -0.15) is 0 Å². The van der Waals surface area contributed by atoms with E-state index in [2.05, 4.69) is 5.32 Å². The molecule has 0 radical (unpaired) electrons. The first-order valence-electron chi connectivity index (χ1n) is 9.25. The first-order valence-corrected chi connectivity index (χ1v) is 11.9. The molecule has 2 rings (SSSR count). The van der Waals surface area contributed by atoms with Crippen LogP contribution in [0.1, 0.15) is 25.0 Å². The van der Waals surface area contributed by atoms with Gasteiger partial charge in [0.1, 0.15) is 6.04 Å². The first kappa shape index (κ1) is 25.2. The minimum Gasteiger partial charge on any atom is -0.355 e. The van der Waals surface area contributed by atoms with E-state index in [0.717, 1.165) is 11.1 Å². The predicted molar refractivity (Wildman–Crippen MR) is 128 cm³/mol. The van der Waals surface area contributed by atoms with Gasteiger partial charge in [0, 0.05) is 38.9 Å². The number of benzene rings is 2. The number of nitrogens with one attached hydrogen (secondary N) is 1. The molecule has 30 heavy (non-hydrogen) atoms. The highest BCUT2D eigenvalue weighted by Crippen LogP contribution is 2.26. The highest BCUT2D eigenvalue weighted by molar-refractivity contribution is 7.99. The molecule has 0 aliphatic carbocycles. The van der Waals surface area contributed by atoms with Gasteiger partial charge in [-0.15, -0.1) is 11.8 Å². The van der Waals surface area contributed by atoms with Crippen LogP contribution >= 0.6 is 58.2 Å². The maximum absolute atomic E-state index is 13.0. The van der Waals surface area contributed by atoms with Crippen LogP contribution in [-0.4, -0.2) is 35.1 Å². The van der Waals surface area contributed by atoms with Crippen molar-refractivity contribution in [3.8, 4) is 0 Å². The summed E-state index contributed by atoms with van der Waals surface area (Å²) in [6, 6.07) is 9.71. The summed E-state index contributed by atoms with van der Waals surface area (Å²) in [7, 11) is 0. The van der Waals surface area contributed by atoms with E-state index in [-0.39, 0.29) is 24.1 Å². The van der Waals surface area contributed by atoms with E-state index >= 15 is 0 Å². The summed E-state index contributed by atoms with van der Waals surface area (Å²) in [4.78, 5) is 26.9. The molecule has 0 spiro atoms. The lowest BCUT2D eigenvalue weighted by atomic mass is 10.1. The molecule has 4 nitrogen and oxygen atoms in total. The Bertz CT molecular complexity index is 911. The van der Waals surface area contributed by atoms with Crippen LogP contribution in [0, 0.1) is 0 Å². The number of thioether (sulfide) groups is 1. The van der Waals surface area contributed by atoms with Gasteiger partial charge >= 0.3 is 0 Å². The number of halogens is 4. The maximum Gasteiger partial charge on any atom is 0.242 e. The summed E-state index contributed by atoms with van der Waals surface area (Å²) in [5, 5.41) is 4.84. The van der Waals surface area contributed by atoms with Crippen molar-refractivity contribution in [2.75, 3.05) is 12.3 Å². The largest absolute Gasteiger partial charge is 0.355 e. The maximum atomic E-state index is 13.0. The zero-order chi connectivity index (χ0) is 22.3. The Morgan fingerprint density at radius 2 is 1.57 bits per heavy atom. The number of carbonyl (C=O) groups excluding carboxylic acids is 2.